The zero-order valence-electron chi connectivity index (χ0n) is 14.0. The van der Waals surface area contributed by atoms with Gasteiger partial charge in [-0.25, -0.2) is 13.2 Å². The quantitative estimate of drug-likeness (QED) is 0.849. The number of aryl methyl sites for hydroxylation is 1. The van der Waals surface area contributed by atoms with E-state index in [0.29, 0.717) is 19.1 Å². The number of halogens is 3. The molecule has 26 heavy (non-hydrogen) atoms. The van der Waals surface area contributed by atoms with Gasteiger partial charge in [-0.05, 0) is 25.8 Å². The number of rotatable bonds is 3. The molecule has 0 spiro atoms. The Morgan fingerprint density at radius 2 is 2.12 bits per heavy atom. The molecule has 1 saturated heterocycles. The molecule has 0 radical (unpaired) electrons. The lowest BCUT2D eigenvalue weighted by molar-refractivity contribution is 0.00807. The molecule has 5 nitrogen and oxygen atoms in total. The molecule has 1 aromatic heterocycles. The van der Waals surface area contributed by atoms with Crippen LogP contribution in [-0.2, 0) is 11.3 Å². The minimum Gasteiger partial charge on any atom is -0.378 e. The third kappa shape index (κ3) is 2.43. The van der Waals surface area contributed by atoms with E-state index in [1.807, 2.05) is 0 Å². The zero-order chi connectivity index (χ0) is 18.6. The molecule has 0 bridgehead atoms. The first-order chi connectivity index (χ1) is 12.4. The molecule has 1 amide bonds. The van der Waals surface area contributed by atoms with Gasteiger partial charge in [0, 0.05) is 31.3 Å². The largest absolute Gasteiger partial charge is 0.378 e. The van der Waals surface area contributed by atoms with Gasteiger partial charge in [0.15, 0.2) is 17.5 Å². The molecular formula is C18H17F3N2O3. The Hall–Kier alpha value is -2.35. The summed E-state index contributed by atoms with van der Waals surface area (Å²) < 4.78 is 48.0. The molecule has 1 saturated carbocycles. The van der Waals surface area contributed by atoms with Crippen LogP contribution in [-0.4, -0.2) is 29.2 Å². The normalized spacial score (nSPS) is 24.4. The highest BCUT2D eigenvalue weighted by Gasteiger charge is 2.46. The van der Waals surface area contributed by atoms with Gasteiger partial charge in [0.05, 0.1) is 17.0 Å². The van der Waals surface area contributed by atoms with E-state index in [9.17, 15) is 22.8 Å². The minimum absolute atomic E-state index is 0.0816. The van der Waals surface area contributed by atoms with E-state index >= 15 is 0 Å². The molecule has 1 aliphatic heterocycles. The minimum atomic E-state index is -1.64. The highest BCUT2D eigenvalue weighted by Crippen LogP contribution is 2.38. The molecule has 1 N–H and O–H groups in total. The first kappa shape index (κ1) is 17.1. The van der Waals surface area contributed by atoms with Gasteiger partial charge >= 0.3 is 0 Å². The van der Waals surface area contributed by atoms with Crippen LogP contribution in [0.25, 0.3) is 10.9 Å². The standard InChI is InChI=1S/C18H17F3N2O3/c1-2-23-7-10(18(25)22-12-6-13-8(12)3-4-26-13)17(24)9-5-11(19)14(20)15(21)16(9)23/h5,7-8,12-13H,2-4,6H2,1H3,(H,22,25)/t8-,12+,13+/m1/s1. The van der Waals surface area contributed by atoms with Crippen LogP contribution in [0.1, 0.15) is 30.1 Å². The summed E-state index contributed by atoms with van der Waals surface area (Å²) >= 11 is 0. The molecular weight excluding hydrogens is 349 g/mol. The zero-order valence-corrected chi connectivity index (χ0v) is 14.0. The van der Waals surface area contributed by atoms with Crippen LogP contribution in [0, 0.1) is 23.4 Å². The molecule has 8 heteroatoms. The maximum absolute atomic E-state index is 14.2. The molecule has 0 unspecified atom stereocenters. The molecule has 2 heterocycles. The summed E-state index contributed by atoms with van der Waals surface area (Å²) in [6.07, 6.45) is 2.88. The van der Waals surface area contributed by atoms with Crippen molar-refractivity contribution in [2.45, 2.75) is 38.5 Å². The number of carbonyl (C=O) groups excluding carboxylic acids is 1. The second-order valence-corrected chi connectivity index (χ2v) is 6.72. The highest BCUT2D eigenvalue weighted by molar-refractivity contribution is 5.97. The Morgan fingerprint density at radius 3 is 2.81 bits per heavy atom. The number of ether oxygens (including phenoxy) is 1. The van der Waals surface area contributed by atoms with E-state index in [1.54, 1.807) is 6.92 Å². The van der Waals surface area contributed by atoms with E-state index in [1.165, 1.54) is 10.8 Å². The van der Waals surface area contributed by atoms with Gasteiger partial charge in [0.25, 0.3) is 5.91 Å². The SMILES string of the molecule is CCn1cc(C(=O)N[C@H]2C[C@@H]3OCC[C@H]23)c(=O)c2cc(F)c(F)c(F)c21. The summed E-state index contributed by atoms with van der Waals surface area (Å²) in [4.78, 5) is 25.2. The molecule has 2 aromatic rings. The predicted molar refractivity (Wildman–Crippen MR) is 87.5 cm³/mol. The Morgan fingerprint density at radius 1 is 1.35 bits per heavy atom. The van der Waals surface area contributed by atoms with Gasteiger partial charge in [-0.2, -0.15) is 0 Å². The van der Waals surface area contributed by atoms with Crippen molar-refractivity contribution in [2.24, 2.45) is 5.92 Å². The number of carbonyl (C=O) groups is 1. The number of hydrogen-bond donors (Lipinski definition) is 1. The summed E-state index contributed by atoms with van der Waals surface area (Å²) in [5, 5.41) is 2.45. The monoisotopic (exact) mass is 366 g/mol. The summed E-state index contributed by atoms with van der Waals surface area (Å²) in [5.41, 5.74) is -1.38. The van der Waals surface area contributed by atoms with Gasteiger partial charge in [0.2, 0.25) is 5.43 Å². The predicted octanol–water partition coefficient (Wildman–Crippen LogP) is 2.35. The summed E-state index contributed by atoms with van der Waals surface area (Å²) in [5.74, 6) is -4.90. The Kier molecular flexibility index (Phi) is 4.02. The third-order valence-corrected chi connectivity index (χ3v) is 5.36. The number of aromatic nitrogens is 1. The lowest BCUT2D eigenvalue weighted by atomic mass is 9.76. The van der Waals surface area contributed by atoms with Gasteiger partial charge in [0.1, 0.15) is 5.56 Å². The van der Waals surface area contributed by atoms with Gasteiger partial charge in [-0.3, -0.25) is 9.59 Å². The second-order valence-electron chi connectivity index (χ2n) is 6.72. The number of nitrogens with one attached hydrogen (secondary N) is 1. The maximum atomic E-state index is 14.2. The van der Waals surface area contributed by atoms with Crippen LogP contribution in [0.4, 0.5) is 13.2 Å². The number of benzene rings is 1. The lowest BCUT2D eigenvalue weighted by Crippen LogP contribution is -2.54. The van der Waals surface area contributed by atoms with E-state index in [2.05, 4.69) is 5.32 Å². The average Bonchev–Trinajstić information content (AvgIpc) is 2.99. The fourth-order valence-corrected chi connectivity index (χ4v) is 3.88. The Labute approximate surface area is 146 Å². The summed E-state index contributed by atoms with van der Waals surface area (Å²) in [7, 11) is 0. The van der Waals surface area contributed by atoms with Crippen molar-refractivity contribution in [1.82, 2.24) is 9.88 Å². The molecule has 138 valence electrons. The Bertz CT molecular complexity index is 973. The van der Waals surface area contributed by atoms with Crippen molar-refractivity contribution in [2.75, 3.05) is 6.61 Å². The van der Waals surface area contributed by atoms with E-state index in [-0.39, 0.29) is 41.1 Å². The van der Waals surface area contributed by atoms with Crippen molar-refractivity contribution >= 4 is 16.8 Å². The second kappa shape index (κ2) is 6.12. The van der Waals surface area contributed by atoms with Crippen molar-refractivity contribution in [1.29, 1.82) is 0 Å². The lowest BCUT2D eigenvalue weighted by Gasteiger charge is -2.39. The van der Waals surface area contributed by atoms with Crippen LogP contribution in [0.5, 0.6) is 0 Å². The number of fused-ring (bicyclic) bond motifs is 2. The average molecular weight is 366 g/mol. The summed E-state index contributed by atoms with van der Waals surface area (Å²) in [6, 6.07) is 0.560. The highest BCUT2D eigenvalue weighted by atomic mass is 19.2. The van der Waals surface area contributed by atoms with Crippen molar-refractivity contribution < 1.29 is 22.7 Å². The number of pyridine rings is 1. The van der Waals surface area contributed by atoms with E-state index < -0.39 is 28.8 Å². The van der Waals surface area contributed by atoms with E-state index in [4.69, 9.17) is 4.74 Å². The molecule has 3 atom stereocenters. The third-order valence-electron chi connectivity index (χ3n) is 5.36. The van der Waals surface area contributed by atoms with Crippen LogP contribution >= 0.6 is 0 Å². The summed E-state index contributed by atoms with van der Waals surface area (Å²) in [6.45, 7) is 2.49. The van der Waals surface area contributed by atoms with Crippen molar-refractivity contribution in [3.05, 3.63) is 45.5 Å². The van der Waals surface area contributed by atoms with Crippen LogP contribution in [0.3, 0.4) is 0 Å². The smallest absolute Gasteiger partial charge is 0.257 e. The van der Waals surface area contributed by atoms with Crippen molar-refractivity contribution in [3.63, 3.8) is 0 Å². The molecule has 1 aromatic carbocycles. The maximum Gasteiger partial charge on any atom is 0.257 e. The topological polar surface area (TPSA) is 60.3 Å². The molecule has 2 fully saturated rings. The van der Waals surface area contributed by atoms with E-state index in [0.717, 1.165) is 6.42 Å². The van der Waals surface area contributed by atoms with Crippen LogP contribution in [0.2, 0.25) is 0 Å². The first-order valence-corrected chi connectivity index (χ1v) is 8.55. The Balaban J connectivity index is 1.76. The molecule has 2 aliphatic rings. The fraction of sp³-hybridized carbons (Fsp3) is 0.444. The number of hydrogen-bond acceptors (Lipinski definition) is 3. The van der Waals surface area contributed by atoms with Crippen molar-refractivity contribution in [3.8, 4) is 0 Å². The number of amides is 1. The van der Waals surface area contributed by atoms with Crippen LogP contribution < -0.4 is 10.7 Å². The molecule has 1 aliphatic carbocycles. The van der Waals surface area contributed by atoms with Gasteiger partial charge < -0.3 is 14.6 Å². The first-order valence-electron chi connectivity index (χ1n) is 8.55. The number of nitrogens with zero attached hydrogens (tertiary/aromatic N) is 1. The molecule has 4 rings (SSSR count). The van der Waals surface area contributed by atoms with Gasteiger partial charge in [-0.15, -0.1) is 0 Å². The van der Waals surface area contributed by atoms with Gasteiger partial charge in [-0.1, -0.05) is 0 Å². The van der Waals surface area contributed by atoms with Crippen LogP contribution in [0.15, 0.2) is 17.1 Å². The fourth-order valence-electron chi connectivity index (χ4n) is 3.88.